The summed E-state index contributed by atoms with van der Waals surface area (Å²) in [5.41, 5.74) is 0.675. The van der Waals surface area contributed by atoms with E-state index < -0.39 is 0 Å². The van der Waals surface area contributed by atoms with Gasteiger partial charge in [0.25, 0.3) is 0 Å². The van der Waals surface area contributed by atoms with Gasteiger partial charge >= 0.3 is 0 Å². The number of hydrogen-bond donors (Lipinski definition) is 3. The van der Waals surface area contributed by atoms with E-state index in [-0.39, 0.29) is 41.7 Å². The Labute approximate surface area is 167 Å². The van der Waals surface area contributed by atoms with E-state index in [4.69, 9.17) is 0 Å². The van der Waals surface area contributed by atoms with Crippen LogP contribution in [0.4, 0.5) is 4.39 Å². The molecule has 0 spiro atoms. The van der Waals surface area contributed by atoms with Crippen LogP contribution in [0.25, 0.3) is 0 Å². The highest BCUT2D eigenvalue weighted by Crippen LogP contribution is 2.06. The van der Waals surface area contributed by atoms with Gasteiger partial charge in [0.15, 0.2) is 5.96 Å². The minimum absolute atomic E-state index is 0. The van der Waals surface area contributed by atoms with Crippen LogP contribution < -0.4 is 16.0 Å². The monoisotopic (exact) mass is 464 g/mol. The number of halogens is 2. The highest BCUT2D eigenvalue weighted by molar-refractivity contribution is 14.0. The summed E-state index contributed by atoms with van der Waals surface area (Å²) in [6, 6.07) is 6.94. The predicted molar refractivity (Wildman–Crippen MR) is 112 cm³/mol. The quantitative estimate of drug-likeness (QED) is 0.299. The molecule has 0 fully saturated rings. The number of amides is 1. The Morgan fingerprint density at radius 1 is 1.24 bits per heavy atom. The van der Waals surface area contributed by atoms with Crippen molar-refractivity contribution >= 4 is 35.8 Å². The van der Waals surface area contributed by atoms with Crippen molar-refractivity contribution in [3.8, 4) is 0 Å². The number of nitrogens with zero attached hydrogens (tertiary/aromatic N) is 1. The van der Waals surface area contributed by atoms with Crippen LogP contribution in [-0.4, -0.2) is 37.5 Å². The van der Waals surface area contributed by atoms with Crippen LogP contribution in [0, 0.1) is 5.82 Å². The van der Waals surface area contributed by atoms with Gasteiger partial charge in [-0.3, -0.25) is 9.79 Å². The zero-order valence-corrected chi connectivity index (χ0v) is 17.6. The summed E-state index contributed by atoms with van der Waals surface area (Å²) in [6.07, 6.45) is 1.84. The van der Waals surface area contributed by atoms with Crippen molar-refractivity contribution in [3.05, 3.63) is 35.6 Å². The second-order valence-electron chi connectivity index (χ2n) is 5.66. The molecule has 5 nitrogen and oxygen atoms in total. The Morgan fingerprint density at radius 2 is 1.96 bits per heavy atom. The third-order valence-corrected chi connectivity index (χ3v) is 3.62. The molecule has 0 aliphatic carbocycles. The Morgan fingerprint density at radius 3 is 2.60 bits per heavy atom. The fourth-order valence-corrected chi connectivity index (χ4v) is 2.08. The van der Waals surface area contributed by atoms with E-state index in [1.165, 1.54) is 6.07 Å². The van der Waals surface area contributed by atoms with Gasteiger partial charge in [-0.15, -0.1) is 24.0 Å². The molecule has 25 heavy (non-hydrogen) atoms. The fourth-order valence-electron chi connectivity index (χ4n) is 2.08. The van der Waals surface area contributed by atoms with Crippen molar-refractivity contribution in [2.45, 2.75) is 46.1 Å². The Kier molecular flexibility index (Phi) is 13.1. The van der Waals surface area contributed by atoms with E-state index in [0.717, 1.165) is 13.0 Å². The molecule has 1 aromatic carbocycles. The first kappa shape index (κ1) is 23.6. The number of rotatable bonds is 9. The average Bonchev–Trinajstić information content (AvgIpc) is 2.56. The molecular weight excluding hydrogens is 434 g/mol. The van der Waals surface area contributed by atoms with Crippen molar-refractivity contribution in [3.63, 3.8) is 0 Å². The van der Waals surface area contributed by atoms with Crippen LogP contribution in [-0.2, 0) is 11.2 Å². The second-order valence-corrected chi connectivity index (χ2v) is 5.66. The first-order valence-corrected chi connectivity index (χ1v) is 8.61. The van der Waals surface area contributed by atoms with Crippen LogP contribution >= 0.6 is 24.0 Å². The van der Waals surface area contributed by atoms with Gasteiger partial charge in [-0.2, -0.15) is 0 Å². The van der Waals surface area contributed by atoms with Gasteiger partial charge in [-0.25, -0.2) is 4.39 Å². The molecule has 1 rings (SSSR count). The molecular formula is C18H30FIN4O. The molecule has 0 saturated carbocycles. The van der Waals surface area contributed by atoms with Crippen LogP contribution in [0.15, 0.2) is 29.3 Å². The molecule has 0 aromatic heterocycles. The molecule has 142 valence electrons. The summed E-state index contributed by atoms with van der Waals surface area (Å²) in [5.74, 6) is 0.462. The lowest BCUT2D eigenvalue weighted by Crippen LogP contribution is -2.39. The molecule has 0 saturated heterocycles. The van der Waals surface area contributed by atoms with Crippen LogP contribution in [0.3, 0.4) is 0 Å². The standard InChI is InChI=1S/C18H29FN4O.HI/c1-4-14(3)23-17(24)11-13-22-18(20-5-2)21-12-10-15-8-6-7-9-16(15)19;/h6-9,14H,4-5,10-13H2,1-3H3,(H,23,24)(H2,20,21,22);1H. The molecule has 1 atom stereocenters. The first-order valence-electron chi connectivity index (χ1n) is 8.61. The molecule has 1 aromatic rings. The van der Waals surface area contributed by atoms with Crippen molar-refractivity contribution in [2.24, 2.45) is 4.99 Å². The maximum Gasteiger partial charge on any atom is 0.222 e. The topological polar surface area (TPSA) is 65.5 Å². The maximum absolute atomic E-state index is 13.6. The summed E-state index contributed by atoms with van der Waals surface area (Å²) < 4.78 is 13.6. The second kappa shape index (κ2) is 13.9. The fraction of sp³-hybridized carbons (Fsp3) is 0.556. The van der Waals surface area contributed by atoms with Gasteiger partial charge in [0.1, 0.15) is 5.82 Å². The Bertz CT molecular complexity index is 540. The molecule has 0 bridgehead atoms. The van der Waals surface area contributed by atoms with E-state index in [1.54, 1.807) is 12.1 Å². The van der Waals surface area contributed by atoms with E-state index in [2.05, 4.69) is 20.9 Å². The van der Waals surface area contributed by atoms with Gasteiger partial charge in [0.2, 0.25) is 5.91 Å². The lowest BCUT2D eigenvalue weighted by atomic mass is 10.1. The number of guanidine groups is 1. The summed E-state index contributed by atoms with van der Waals surface area (Å²) >= 11 is 0. The number of aliphatic imine (C=N–C) groups is 1. The molecule has 0 aliphatic heterocycles. The highest BCUT2D eigenvalue weighted by Gasteiger charge is 2.05. The Hall–Kier alpha value is -1.38. The third kappa shape index (κ3) is 10.3. The van der Waals surface area contributed by atoms with E-state index in [0.29, 0.717) is 37.5 Å². The molecule has 7 heteroatoms. The zero-order chi connectivity index (χ0) is 17.8. The van der Waals surface area contributed by atoms with Crippen LogP contribution in [0.1, 0.15) is 39.2 Å². The van der Waals surface area contributed by atoms with Gasteiger partial charge in [0, 0.05) is 25.6 Å². The van der Waals surface area contributed by atoms with Crippen LogP contribution in [0.5, 0.6) is 0 Å². The lowest BCUT2D eigenvalue weighted by Gasteiger charge is -2.12. The number of benzene rings is 1. The average molecular weight is 464 g/mol. The largest absolute Gasteiger partial charge is 0.357 e. The number of nitrogens with one attached hydrogen (secondary N) is 3. The van der Waals surface area contributed by atoms with Crippen LogP contribution in [0.2, 0.25) is 0 Å². The summed E-state index contributed by atoms with van der Waals surface area (Å²) in [6.45, 7) is 7.71. The predicted octanol–water partition coefficient (Wildman–Crippen LogP) is 2.85. The number of carbonyl (C=O) groups excluding carboxylic acids is 1. The first-order chi connectivity index (χ1) is 11.6. The van der Waals surface area contributed by atoms with Crippen molar-refractivity contribution < 1.29 is 9.18 Å². The van der Waals surface area contributed by atoms with Gasteiger partial charge in [0.05, 0.1) is 6.54 Å². The summed E-state index contributed by atoms with van der Waals surface area (Å²) in [5, 5.41) is 9.20. The summed E-state index contributed by atoms with van der Waals surface area (Å²) in [4.78, 5) is 16.1. The normalized spacial score (nSPS) is 12.1. The van der Waals surface area contributed by atoms with Crippen molar-refractivity contribution in [2.75, 3.05) is 19.6 Å². The number of carbonyl (C=O) groups is 1. The molecule has 0 radical (unpaired) electrons. The van der Waals surface area contributed by atoms with E-state index in [1.807, 2.05) is 26.8 Å². The molecule has 1 unspecified atom stereocenters. The number of hydrogen-bond acceptors (Lipinski definition) is 2. The van der Waals surface area contributed by atoms with Gasteiger partial charge in [-0.05, 0) is 38.3 Å². The maximum atomic E-state index is 13.6. The smallest absolute Gasteiger partial charge is 0.222 e. The molecule has 1 amide bonds. The van der Waals surface area contributed by atoms with E-state index in [9.17, 15) is 9.18 Å². The van der Waals surface area contributed by atoms with Gasteiger partial charge < -0.3 is 16.0 Å². The SMILES string of the molecule is CCNC(=NCCC(=O)NC(C)CC)NCCc1ccccc1F.I. The molecule has 0 heterocycles. The molecule has 0 aliphatic rings. The minimum atomic E-state index is -0.192. The van der Waals surface area contributed by atoms with Crippen molar-refractivity contribution in [1.82, 2.24) is 16.0 Å². The van der Waals surface area contributed by atoms with E-state index >= 15 is 0 Å². The third-order valence-electron chi connectivity index (χ3n) is 3.62. The minimum Gasteiger partial charge on any atom is -0.357 e. The van der Waals surface area contributed by atoms with Gasteiger partial charge in [-0.1, -0.05) is 25.1 Å². The molecule has 3 N–H and O–H groups in total. The van der Waals surface area contributed by atoms with Crippen molar-refractivity contribution in [1.29, 1.82) is 0 Å². The highest BCUT2D eigenvalue weighted by atomic mass is 127. The summed E-state index contributed by atoms with van der Waals surface area (Å²) in [7, 11) is 0. The zero-order valence-electron chi connectivity index (χ0n) is 15.3. The Balaban J connectivity index is 0.00000576. The lowest BCUT2D eigenvalue weighted by molar-refractivity contribution is -0.121.